The summed E-state index contributed by atoms with van der Waals surface area (Å²) in [6, 6.07) is 16.7. The van der Waals surface area contributed by atoms with Crippen LogP contribution in [0.25, 0.3) is 6.08 Å². The van der Waals surface area contributed by atoms with E-state index in [9.17, 15) is 9.59 Å². The summed E-state index contributed by atoms with van der Waals surface area (Å²) in [5.41, 5.74) is 7.32. The number of amides is 2. The summed E-state index contributed by atoms with van der Waals surface area (Å²) in [6.45, 7) is 2.05. The zero-order chi connectivity index (χ0) is 15.8. The van der Waals surface area contributed by atoms with Crippen molar-refractivity contribution in [3.63, 3.8) is 0 Å². The van der Waals surface area contributed by atoms with Crippen LogP contribution in [0.1, 0.15) is 28.4 Å². The summed E-state index contributed by atoms with van der Waals surface area (Å²) in [6.07, 6.45) is 3.97. The number of benzene rings is 2. The lowest BCUT2D eigenvalue weighted by molar-refractivity contribution is -0.117. The van der Waals surface area contributed by atoms with Crippen molar-refractivity contribution in [3.8, 4) is 0 Å². The minimum atomic E-state index is -0.387. The molecule has 4 heteroatoms. The van der Waals surface area contributed by atoms with E-state index in [0.29, 0.717) is 5.56 Å². The first-order valence-electron chi connectivity index (χ1n) is 7.11. The Balaban J connectivity index is 1.85. The Kier molecular flexibility index (Phi) is 5.49. The van der Waals surface area contributed by atoms with E-state index in [-0.39, 0.29) is 11.8 Å². The highest BCUT2D eigenvalue weighted by molar-refractivity contribution is 5.97. The monoisotopic (exact) mass is 294 g/mol. The lowest BCUT2D eigenvalue weighted by Gasteiger charge is -2.06. The normalized spacial score (nSPS) is 10.4. The average Bonchev–Trinajstić information content (AvgIpc) is 2.58. The van der Waals surface area contributed by atoms with Gasteiger partial charge >= 0.3 is 0 Å². The van der Waals surface area contributed by atoms with Crippen LogP contribution in [0.2, 0.25) is 0 Å². The van der Waals surface area contributed by atoms with Gasteiger partial charge in [0.25, 0.3) is 11.8 Å². The molecule has 0 spiro atoms. The average molecular weight is 294 g/mol. The Bertz CT molecular complexity index is 661. The molecule has 0 saturated heterocycles. The Labute approximate surface area is 129 Å². The van der Waals surface area contributed by atoms with E-state index in [1.54, 1.807) is 18.2 Å². The molecule has 2 aromatic carbocycles. The van der Waals surface area contributed by atoms with E-state index < -0.39 is 0 Å². The lowest BCUT2D eigenvalue weighted by Crippen LogP contribution is -2.40. The van der Waals surface area contributed by atoms with Crippen molar-refractivity contribution in [1.29, 1.82) is 0 Å². The van der Waals surface area contributed by atoms with Crippen LogP contribution in [0.15, 0.2) is 60.7 Å². The summed E-state index contributed by atoms with van der Waals surface area (Å²) < 4.78 is 0. The molecule has 0 bridgehead atoms. The molecule has 0 fully saturated rings. The van der Waals surface area contributed by atoms with Gasteiger partial charge < -0.3 is 0 Å². The first-order valence-corrected chi connectivity index (χ1v) is 7.11. The molecule has 0 heterocycles. The summed E-state index contributed by atoms with van der Waals surface area (Å²) in [4.78, 5) is 23.5. The first kappa shape index (κ1) is 15.5. The third-order valence-electron chi connectivity index (χ3n) is 3.15. The number of rotatable bonds is 4. The van der Waals surface area contributed by atoms with Crippen molar-refractivity contribution in [2.75, 3.05) is 0 Å². The number of hydrogen-bond acceptors (Lipinski definition) is 2. The second kappa shape index (κ2) is 7.78. The molecule has 0 aliphatic rings. The lowest BCUT2D eigenvalue weighted by atomic mass is 10.1. The molecule has 2 rings (SSSR count). The summed E-state index contributed by atoms with van der Waals surface area (Å²) in [5.74, 6) is -0.730. The van der Waals surface area contributed by atoms with Crippen molar-refractivity contribution in [3.05, 3.63) is 77.4 Å². The van der Waals surface area contributed by atoms with Gasteiger partial charge in [0, 0.05) is 11.6 Å². The van der Waals surface area contributed by atoms with Crippen LogP contribution in [0.3, 0.4) is 0 Å². The van der Waals surface area contributed by atoms with Crippen molar-refractivity contribution in [1.82, 2.24) is 10.9 Å². The first-order chi connectivity index (χ1) is 10.7. The molecular weight excluding hydrogens is 276 g/mol. The van der Waals surface area contributed by atoms with Crippen molar-refractivity contribution in [2.24, 2.45) is 0 Å². The highest BCUT2D eigenvalue weighted by Gasteiger charge is 2.05. The van der Waals surface area contributed by atoms with Gasteiger partial charge in [0.1, 0.15) is 0 Å². The molecule has 2 aromatic rings. The highest BCUT2D eigenvalue weighted by Crippen LogP contribution is 2.04. The fourth-order valence-electron chi connectivity index (χ4n) is 1.86. The largest absolute Gasteiger partial charge is 0.269 e. The fraction of sp³-hybridized carbons (Fsp3) is 0.111. The van der Waals surface area contributed by atoms with E-state index in [2.05, 4.69) is 10.9 Å². The molecule has 0 radical (unpaired) electrons. The third kappa shape index (κ3) is 4.59. The van der Waals surface area contributed by atoms with Gasteiger partial charge in [-0.05, 0) is 35.8 Å². The molecule has 0 aromatic heterocycles. The standard InChI is InChI=1S/C18H18N2O2/c1-2-14-8-11-16(12-9-14)18(22)20-19-17(21)13-10-15-6-4-3-5-7-15/h3-13H,2H2,1H3,(H,19,21)(H,20,22)/b13-10+. The molecule has 0 unspecified atom stereocenters. The number of hydrazine groups is 1. The maximum Gasteiger partial charge on any atom is 0.269 e. The predicted molar refractivity (Wildman–Crippen MR) is 86.9 cm³/mol. The number of aryl methyl sites for hydroxylation is 1. The second-order valence-corrected chi connectivity index (χ2v) is 4.74. The number of carbonyl (C=O) groups excluding carboxylic acids is 2. The Hall–Kier alpha value is -2.88. The van der Waals surface area contributed by atoms with Gasteiger partial charge in [0.2, 0.25) is 0 Å². The molecule has 2 amide bonds. The van der Waals surface area contributed by atoms with E-state index in [1.165, 1.54) is 6.08 Å². The maximum absolute atomic E-state index is 11.9. The summed E-state index contributed by atoms with van der Waals surface area (Å²) in [7, 11) is 0. The fourth-order valence-corrected chi connectivity index (χ4v) is 1.86. The van der Waals surface area contributed by atoms with Crippen LogP contribution < -0.4 is 10.9 Å². The zero-order valence-corrected chi connectivity index (χ0v) is 12.4. The van der Waals surface area contributed by atoms with Crippen LogP contribution in [0.5, 0.6) is 0 Å². The van der Waals surface area contributed by atoms with Crippen molar-refractivity contribution in [2.45, 2.75) is 13.3 Å². The van der Waals surface area contributed by atoms with Gasteiger partial charge in [-0.1, -0.05) is 49.4 Å². The minimum Gasteiger partial charge on any atom is -0.268 e. The minimum absolute atomic E-state index is 0.343. The van der Waals surface area contributed by atoms with E-state index >= 15 is 0 Å². The molecule has 0 saturated carbocycles. The molecular formula is C18H18N2O2. The smallest absolute Gasteiger partial charge is 0.268 e. The van der Waals surface area contributed by atoms with Gasteiger partial charge in [-0.3, -0.25) is 20.4 Å². The Morgan fingerprint density at radius 3 is 2.27 bits per heavy atom. The highest BCUT2D eigenvalue weighted by atomic mass is 16.2. The van der Waals surface area contributed by atoms with Crippen LogP contribution in [0.4, 0.5) is 0 Å². The van der Waals surface area contributed by atoms with E-state index in [0.717, 1.165) is 17.5 Å². The molecule has 0 aliphatic heterocycles. The maximum atomic E-state index is 11.9. The quantitative estimate of drug-likeness (QED) is 0.673. The topological polar surface area (TPSA) is 58.2 Å². The number of nitrogens with one attached hydrogen (secondary N) is 2. The molecule has 22 heavy (non-hydrogen) atoms. The van der Waals surface area contributed by atoms with E-state index in [1.807, 2.05) is 49.4 Å². The van der Waals surface area contributed by atoms with Gasteiger partial charge in [-0.15, -0.1) is 0 Å². The molecule has 0 aliphatic carbocycles. The van der Waals surface area contributed by atoms with Crippen molar-refractivity contribution >= 4 is 17.9 Å². The Morgan fingerprint density at radius 2 is 1.64 bits per heavy atom. The van der Waals surface area contributed by atoms with Crippen LogP contribution in [-0.2, 0) is 11.2 Å². The van der Waals surface area contributed by atoms with Crippen molar-refractivity contribution < 1.29 is 9.59 Å². The van der Waals surface area contributed by atoms with Gasteiger partial charge in [-0.25, -0.2) is 0 Å². The van der Waals surface area contributed by atoms with Gasteiger partial charge in [-0.2, -0.15) is 0 Å². The van der Waals surface area contributed by atoms with Gasteiger partial charge in [0.15, 0.2) is 0 Å². The van der Waals surface area contributed by atoms with Crippen LogP contribution >= 0.6 is 0 Å². The number of hydrogen-bond donors (Lipinski definition) is 2. The summed E-state index contributed by atoms with van der Waals surface area (Å²) in [5, 5.41) is 0. The zero-order valence-electron chi connectivity index (χ0n) is 12.4. The van der Waals surface area contributed by atoms with Gasteiger partial charge in [0.05, 0.1) is 0 Å². The SMILES string of the molecule is CCc1ccc(C(=O)NNC(=O)/C=C/c2ccccc2)cc1. The Morgan fingerprint density at radius 1 is 0.955 bits per heavy atom. The van der Waals surface area contributed by atoms with Crippen LogP contribution in [-0.4, -0.2) is 11.8 Å². The molecule has 4 nitrogen and oxygen atoms in total. The summed E-state index contributed by atoms with van der Waals surface area (Å²) >= 11 is 0. The van der Waals surface area contributed by atoms with E-state index in [4.69, 9.17) is 0 Å². The molecule has 2 N–H and O–H groups in total. The molecule has 112 valence electrons. The van der Waals surface area contributed by atoms with Crippen LogP contribution in [0, 0.1) is 0 Å². The molecule has 0 atom stereocenters. The number of carbonyl (C=O) groups is 2. The third-order valence-corrected chi connectivity index (χ3v) is 3.15. The second-order valence-electron chi connectivity index (χ2n) is 4.74. The predicted octanol–water partition coefficient (Wildman–Crippen LogP) is 2.72.